The number of Topliss-reactive ketones (excluding diaryl/α,β-unsaturated/α-hetero) is 1. The van der Waals surface area contributed by atoms with Crippen LogP contribution in [-0.4, -0.2) is 22.0 Å². The summed E-state index contributed by atoms with van der Waals surface area (Å²) in [4.78, 5) is 14.8. The molecule has 3 rings (SSSR count). The van der Waals surface area contributed by atoms with Crippen molar-refractivity contribution in [3.63, 3.8) is 0 Å². The Hall–Kier alpha value is -2.34. The number of hydrogen-bond donors (Lipinski definition) is 0. The van der Waals surface area contributed by atoms with Crippen molar-refractivity contribution < 1.29 is 26.7 Å². The molecule has 0 radical (unpaired) electrons. The molecule has 1 aromatic carbocycles. The molecule has 0 fully saturated rings. The lowest BCUT2D eigenvalue weighted by Gasteiger charge is -2.22. The van der Waals surface area contributed by atoms with Crippen molar-refractivity contribution >= 4 is 23.2 Å². The summed E-state index contributed by atoms with van der Waals surface area (Å²) in [6, 6.07) is 3.49. The van der Waals surface area contributed by atoms with Crippen molar-refractivity contribution in [2.45, 2.75) is 29.4 Å². The number of alkyl halides is 4. The molecule has 0 amide bonds. The molecular weight excluding hydrogens is 363 g/mol. The zero-order chi connectivity index (χ0) is 18.4. The zero-order valence-electron chi connectivity index (χ0n) is 12.4. The van der Waals surface area contributed by atoms with Crippen LogP contribution in [0.5, 0.6) is 0 Å². The molecule has 1 aliphatic rings. The quantitative estimate of drug-likeness (QED) is 0.418. The van der Waals surface area contributed by atoms with E-state index in [1.165, 1.54) is 16.7 Å². The van der Waals surface area contributed by atoms with Crippen LogP contribution in [0.2, 0.25) is 0 Å². The van der Waals surface area contributed by atoms with Crippen LogP contribution < -0.4 is 0 Å². The highest BCUT2D eigenvalue weighted by atomic mass is 32.2. The number of nitrogens with zero attached hydrogens (tertiary/aromatic N) is 2. The molecule has 0 bridgehead atoms. The van der Waals surface area contributed by atoms with E-state index in [9.17, 15) is 26.7 Å². The van der Waals surface area contributed by atoms with Gasteiger partial charge in [0.15, 0.2) is 0 Å². The van der Waals surface area contributed by atoms with Crippen molar-refractivity contribution in [1.29, 1.82) is 0 Å². The maximum Gasteiger partial charge on any atom is 0.310 e. The Morgan fingerprint density at radius 3 is 2.68 bits per heavy atom. The van der Waals surface area contributed by atoms with E-state index < -0.39 is 35.3 Å². The SMILES string of the molecule is [C-]#[N+]c1cc(-n2cc(SC(F)F)c3c2CCC(F)(F)C3=O)ccc1F. The van der Waals surface area contributed by atoms with Gasteiger partial charge in [0.25, 0.3) is 5.76 Å². The molecule has 0 spiro atoms. The van der Waals surface area contributed by atoms with Crippen LogP contribution in [-0.2, 0) is 6.42 Å². The number of aromatic nitrogens is 1. The fourth-order valence-corrected chi connectivity index (χ4v) is 3.42. The number of halogens is 5. The van der Waals surface area contributed by atoms with E-state index in [-0.39, 0.29) is 40.1 Å². The standard InChI is InChI=1S/C16H9F5N2OS/c1-22-10-6-8(2-3-9(10)17)23-7-12(25-15(18)19)13-11(23)4-5-16(20,21)14(13)24/h2-3,6-7,15H,4-5H2. The van der Waals surface area contributed by atoms with Crippen LogP contribution in [0.25, 0.3) is 10.5 Å². The van der Waals surface area contributed by atoms with Gasteiger partial charge in [0.05, 0.1) is 12.1 Å². The molecule has 0 N–H and O–H groups in total. The average Bonchev–Trinajstić information content (AvgIpc) is 2.90. The molecule has 1 heterocycles. The molecule has 2 aromatic rings. The number of carbonyl (C=O) groups excluding carboxylic acids is 1. The van der Waals surface area contributed by atoms with E-state index in [0.717, 1.165) is 12.3 Å². The molecule has 0 saturated heterocycles. The van der Waals surface area contributed by atoms with Crippen LogP contribution in [0.15, 0.2) is 29.3 Å². The van der Waals surface area contributed by atoms with Crippen LogP contribution in [0, 0.1) is 12.4 Å². The Balaban J connectivity index is 2.20. The topological polar surface area (TPSA) is 26.4 Å². The lowest BCUT2D eigenvalue weighted by molar-refractivity contribution is 0.00143. The van der Waals surface area contributed by atoms with Gasteiger partial charge in [0.1, 0.15) is 5.82 Å². The third-order valence-corrected chi connectivity index (χ3v) is 4.59. The number of carbonyl (C=O) groups is 1. The summed E-state index contributed by atoms with van der Waals surface area (Å²) in [6.45, 7) is 6.93. The predicted octanol–water partition coefficient (Wildman–Crippen LogP) is 5.25. The second-order valence-electron chi connectivity index (χ2n) is 5.34. The number of fused-ring (bicyclic) bond motifs is 1. The van der Waals surface area contributed by atoms with Gasteiger partial charge in [-0.05, 0) is 24.6 Å². The highest BCUT2D eigenvalue weighted by Gasteiger charge is 2.46. The lowest BCUT2D eigenvalue weighted by atomic mass is 9.93. The van der Waals surface area contributed by atoms with Gasteiger partial charge >= 0.3 is 5.92 Å². The Morgan fingerprint density at radius 2 is 2.04 bits per heavy atom. The summed E-state index contributed by atoms with van der Waals surface area (Å²) in [5, 5.41) is 0. The van der Waals surface area contributed by atoms with E-state index in [4.69, 9.17) is 6.57 Å². The van der Waals surface area contributed by atoms with Gasteiger partial charge in [-0.25, -0.2) is 9.24 Å². The summed E-state index contributed by atoms with van der Waals surface area (Å²) in [5.41, 5.74) is -0.338. The van der Waals surface area contributed by atoms with Crippen LogP contribution in [0.4, 0.5) is 27.6 Å². The smallest absolute Gasteiger partial charge is 0.310 e. The molecule has 0 saturated carbocycles. The molecule has 25 heavy (non-hydrogen) atoms. The third kappa shape index (κ3) is 3.02. The molecule has 1 aliphatic carbocycles. The van der Waals surface area contributed by atoms with E-state index in [1.807, 2.05) is 0 Å². The Labute approximate surface area is 143 Å². The minimum Gasteiger partial charge on any atom is -0.320 e. The lowest BCUT2D eigenvalue weighted by Crippen LogP contribution is -2.34. The highest BCUT2D eigenvalue weighted by Crippen LogP contribution is 2.42. The van der Waals surface area contributed by atoms with Crippen LogP contribution in [0.3, 0.4) is 0 Å². The number of ketones is 1. The first kappa shape index (κ1) is 17.5. The summed E-state index contributed by atoms with van der Waals surface area (Å²) in [7, 11) is 0. The van der Waals surface area contributed by atoms with E-state index in [1.54, 1.807) is 0 Å². The first-order chi connectivity index (χ1) is 11.7. The Kier molecular flexibility index (Phi) is 4.33. The Morgan fingerprint density at radius 1 is 1.32 bits per heavy atom. The second-order valence-corrected chi connectivity index (χ2v) is 6.38. The first-order valence-electron chi connectivity index (χ1n) is 7.03. The molecule has 130 valence electrons. The monoisotopic (exact) mass is 372 g/mol. The van der Waals surface area contributed by atoms with Gasteiger partial charge in [0, 0.05) is 28.9 Å². The van der Waals surface area contributed by atoms with Crippen molar-refractivity contribution in [1.82, 2.24) is 4.57 Å². The first-order valence-corrected chi connectivity index (χ1v) is 7.91. The maximum atomic E-state index is 13.7. The summed E-state index contributed by atoms with van der Waals surface area (Å²) in [6.07, 6.45) is 0.211. The minimum atomic E-state index is -3.61. The molecule has 3 nitrogen and oxygen atoms in total. The average molecular weight is 372 g/mol. The molecule has 0 unspecified atom stereocenters. The Bertz CT molecular complexity index is 901. The van der Waals surface area contributed by atoms with E-state index in [0.29, 0.717) is 0 Å². The van der Waals surface area contributed by atoms with Crippen LogP contribution in [0.1, 0.15) is 22.5 Å². The molecule has 0 atom stereocenters. The van der Waals surface area contributed by atoms with Crippen molar-refractivity contribution in [3.05, 3.63) is 52.9 Å². The number of thioether (sulfide) groups is 1. The zero-order valence-corrected chi connectivity index (χ0v) is 13.2. The fraction of sp³-hybridized carbons (Fsp3) is 0.250. The van der Waals surface area contributed by atoms with Gasteiger partial charge in [-0.15, -0.1) is 0 Å². The van der Waals surface area contributed by atoms with Gasteiger partial charge < -0.3 is 4.57 Å². The largest absolute Gasteiger partial charge is 0.320 e. The molecular formula is C16H9F5N2OS. The normalized spacial score (nSPS) is 16.0. The van der Waals surface area contributed by atoms with Crippen molar-refractivity contribution in [2.24, 2.45) is 0 Å². The minimum absolute atomic E-state index is 0.00327. The van der Waals surface area contributed by atoms with Gasteiger partial charge in [0.2, 0.25) is 11.5 Å². The van der Waals surface area contributed by atoms with Gasteiger partial charge in [-0.1, -0.05) is 11.8 Å². The van der Waals surface area contributed by atoms with E-state index >= 15 is 0 Å². The van der Waals surface area contributed by atoms with Crippen LogP contribution >= 0.6 is 11.8 Å². The van der Waals surface area contributed by atoms with Gasteiger partial charge in [-0.3, -0.25) is 4.79 Å². The number of hydrogen-bond acceptors (Lipinski definition) is 2. The van der Waals surface area contributed by atoms with Crippen molar-refractivity contribution in [3.8, 4) is 5.69 Å². The third-order valence-electron chi connectivity index (χ3n) is 3.85. The summed E-state index contributed by atoms with van der Waals surface area (Å²) >= 11 is 0.00327. The number of rotatable bonds is 3. The molecule has 9 heteroatoms. The summed E-state index contributed by atoms with van der Waals surface area (Å²) < 4.78 is 67.8. The molecule has 1 aromatic heterocycles. The summed E-state index contributed by atoms with van der Waals surface area (Å²) in [5.74, 6) is -8.76. The van der Waals surface area contributed by atoms with E-state index in [2.05, 4.69) is 4.85 Å². The second kappa shape index (κ2) is 6.19. The fourth-order valence-electron chi connectivity index (χ4n) is 2.73. The predicted molar refractivity (Wildman–Crippen MR) is 81.4 cm³/mol. The highest BCUT2D eigenvalue weighted by molar-refractivity contribution is 7.99. The number of benzene rings is 1. The molecule has 0 aliphatic heterocycles. The van der Waals surface area contributed by atoms with Crippen molar-refractivity contribution in [2.75, 3.05) is 0 Å². The maximum absolute atomic E-state index is 13.7. The van der Waals surface area contributed by atoms with Gasteiger partial charge in [-0.2, -0.15) is 17.6 Å².